The highest BCUT2D eigenvalue weighted by Gasteiger charge is 2.22. The number of sulfonamides is 1. The molecule has 2 amide bonds. The van der Waals surface area contributed by atoms with Crippen molar-refractivity contribution in [1.29, 1.82) is 0 Å². The fourth-order valence-corrected chi connectivity index (χ4v) is 3.22. The van der Waals surface area contributed by atoms with Crippen LogP contribution in [0.2, 0.25) is 0 Å². The molecule has 0 saturated heterocycles. The van der Waals surface area contributed by atoms with E-state index in [1.165, 1.54) is 37.6 Å². The van der Waals surface area contributed by atoms with Gasteiger partial charge in [-0.3, -0.25) is 10.1 Å². The lowest BCUT2D eigenvalue weighted by molar-refractivity contribution is -0.136. The summed E-state index contributed by atoms with van der Waals surface area (Å²) in [7, 11) is -2.90. The summed E-state index contributed by atoms with van der Waals surface area (Å²) >= 11 is 0. The third kappa shape index (κ3) is 4.66. The number of aromatic nitrogens is 2. The number of rotatable bonds is 6. The summed E-state index contributed by atoms with van der Waals surface area (Å²) in [6, 6.07) is 4.39. The van der Waals surface area contributed by atoms with Crippen molar-refractivity contribution in [2.75, 3.05) is 12.4 Å². The van der Waals surface area contributed by atoms with Crippen LogP contribution in [0.4, 0.5) is 10.7 Å². The third-order valence-corrected chi connectivity index (χ3v) is 4.61. The number of ether oxygens (including phenoxy) is 1. The Morgan fingerprint density at radius 1 is 1.27 bits per heavy atom. The number of carbonyl (C=O) groups excluding carboxylic acids is 1. The Labute approximate surface area is 149 Å². The standard InChI is InChI=1S/C15H16N4O6S/c1-9-8-16-14(17-13(9)25-2)18-15(22)19-26(23,24)11-6-4-3-5-10(11)7-12(20)21/h3-6,8H,7H2,1-2H3,(H,20,21)(H2,16,17,18,19,22). The average molecular weight is 380 g/mol. The predicted molar refractivity (Wildman–Crippen MR) is 90.4 cm³/mol. The molecule has 0 aliphatic rings. The maximum Gasteiger partial charge on any atom is 0.335 e. The number of aliphatic carboxylic acids is 1. The Bertz CT molecular complexity index is 945. The summed E-state index contributed by atoms with van der Waals surface area (Å²) in [5.74, 6) is -1.12. The largest absolute Gasteiger partial charge is 0.481 e. The van der Waals surface area contributed by atoms with Gasteiger partial charge in [0.15, 0.2) is 0 Å². The Kier molecular flexibility index (Phi) is 5.72. The van der Waals surface area contributed by atoms with Gasteiger partial charge in [-0.05, 0) is 18.6 Å². The number of benzene rings is 1. The SMILES string of the molecule is COc1nc(NC(=O)NS(=O)(=O)c2ccccc2CC(=O)O)ncc1C. The van der Waals surface area contributed by atoms with Gasteiger partial charge in [-0.15, -0.1) is 0 Å². The monoisotopic (exact) mass is 380 g/mol. The highest BCUT2D eigenvalue weighted by Crippen LogP contribution is 2.17. The third-order valence-electron chi connectivity index (χ3n) is 3.17. The van der Waals surface area contributed by atoms with Crippen LogP contribution in [0.15, 0.2) is 35.4 Å². The minimum atomic E-state index is -4.29. The van der Waals surface area contributed by atoms with Crippen molar-refractivity contribution in [3.05, 3.63) is 41.6 Å². The van der Waals surface area contributed by atoms with Gasteiger partial charge >= 0.3 is 12.0 Å². The molecule has 0 fully saturated rings. The van der Waals surface area contributed by atoms with E-state index >= 15 is 0 Å². The molecule has 3 N–H and O–H groups in total. The van der Waals surface area contributed by atoms with Gasteiger partial charge in [0.05, 0.1) is 18.4 Å². The van der Waals surface area contributed by atoms with Crippen LogP contribution < -0.4 is 14.8 Å². The molecule has 2 aromatic rings. The van der Waals surface area contributed by atoms with Gasteiger partial charge in [0.2, 0.25) is 11.8 Å². The number of amides is 2. The molecule has 0 bridgehead atoms. The molecule has 2 rings (SSSR count). The van der Waals surface area contributed by atoms with E-state index in [2.05, 4.69) is 15.3 Å². The van der Waals surface area contributed by atoms with E-state index < -0.39 is 28.4 Å². The molecule has 0 spiro atoms. The van der Waals surface area contributed by atoms with Crippen molar-refractivity contribution in [3.63, 3.8) is 0 Å². The minimum Gasteiger partial charge on any atom is -0.481 e. The first-order chi connectivity index (χ1) is 12.2. The molecular weight excluding hydrogens is 364 g/mol. The van der Waals surface area contributed by atoms with E-state index in [9.17, 15) is 18.0 Å². The Morgan fingerprint density at radius 3 is 2.62 bits per heavy atom. The molecule has 1 aromatic heterocycles. The van der Waals surface area contributed by atoms with Crippen LogP contribution in [-0.4, -0.2) is 42.6 Å². The van der Waals surface area contributed by atoms with E-state index in [4.69, 9.17) is 9.84 Å². The number of nitrogens with one attached hydrogen (secondary N) is 2. The molecule has 11 heteroatoms. The second-order valence-electron chi connectivity index (χ2n) is 5.12. The number of methoxy groups -OCH3 is 1. The highest BCUT2D eigenvalue weighted by molar-refractivity contribution is 7.90. The number of urea groups is 1. The number of nitrogens with zero attached hydrogens (tertiary/aromatic N) is 2. The van der Waals surface area contributed by atoms with Crippen LogP contribution in [0.25, 0.3) is 0 Å². The Balaban J connectivity index is 2.19. The first-order valence-corrected chi connectivity index (χ1v) is 8.72. The van der Waals surface area contributed by atoms with Crippen molar-refractivity contribution >= 4 is 28.0 Å². The lowest BCUT2D eigenvalue weighted by atomic mass is 10.1. The number of carboxylic acids is 1. The number of carboxylic acid groups (broad SMARTS) is 1. The molecule has 26 heavy (non-hydrogen) atoms. The number of hydrogen-bond acceptors (Lipinski definition) is 7. The van der Waals surface area contributed by atoms with Crippen LogP contribution in [0.1, 0.15) is 11.1 Å². The van der Waals surface area contributed by atoms with Crippen LogP contribution in [0, 0.1) is 6.92 Å². The van der Waals surface area contributed by atoms with Crippen molar-refractivity contribution in [2.45, 2.75) is 18.2 Å². The molecule has 0 radical (unpaired) electrons. The fourth-order valence-electron chi connectivity index (χ4n) is 2.07. The minimum absolute atomic E-state index is 0.0496. The van der Waals surface area contributed by atoms with E-state index in [0.717, 1.165) is 0 Å². The highest BCUT2D eigenvalue weighted by atomic mass is 32.2. The van der Waals surface area contributed by atoms with Crippen LogP contribution in [0.3, 0.4) is 0 Å². The summed E-state index contributed by atoms with van der Waals surface area (Å²) in [4.78, 5) is 30.3. The normalized spacial score (nSPS) is 10.8. The van der Waals surface area contributed by atoms with E-state index in [0.29, 0.717) is 5.56 Å². The zero-order valence-electron chi connectivity index (χ0n) is 13.9. The summed E-state index contributed by atoms with van der Waals surface area (Å²) in [6.07, 6.45) is 0.898. The van der Waals surface area contributed by atoms with Crippen molar-refractivity contribution in [3.8, 4) is 5.88 Å². The predicted octanol–water partition coefficient (Wildman–Crippen LogP) is 0.931. The topological polar surface area (TPSA) is 148 Å². The van der Waals surface area contributed by atoms with Gasteiger partial charge in [0, 0.05) is 11.8 Å². The van der Waals surface area contributed by atoms with Crippen molar-refractivity contribution in [1.82, 2.24) is 14.7 Å². The van der Waals surface area contributed by atoms with Crippen molar-refractivity contribution < 1.29 is 27.9 Å². The molecule has 0 atom stereocenters. The summed E-state index contributed by atoms with van der Waals surface area (Å²) in [6.45, 7) is 1.70. The Morgan fingerprint density at radius 2 is 1.96 bits per heavy atom. The number of anilines is 1. The maximum atomic E-state index is 12.4. The van der Waals surface area contributed by atoms with E-state index in [1.54, 1.807) is 11.6 Å². The maximum absolute atomic E-state index is 12.4. The molecule has 1 heterocycles. The molecule has 1 aromatic carbocycles. The number of hydrogen-bond donors (Lipinski definition) is 3. The number of aryl methyl sites for hydroxylation is 1. The summed E-state index contributed by atoms with van der Waals surface area (Å²) < 4.78 is 31.6. The van der Waals surface area contributed by atoms with Gasteiger partial charge in [-0.2, -0.15) is 4.98 Å². The molecular formula is C15H16N4O6S. The van der Waals surface area contributed by atoms with Crippen molar-refractivity contribution in [2.24, 2.45) is 0 Å². The fraction of sp³-hybridized carbons (Fsp3) is 0.200. The first kappa shape index (κ1) is 19.1. The Hall–Kier alpha value is -3.21. The number of carbonyl (C=O) groups is 2. The second-order valence-corrected chi connectivity index (χ2v) is 6.77. The molecule has 10 nitrogen and oxygen atoms in total. The summed E-state index contributed by atoms with van der Waals surface area (Å²) in [5.41, 5.74) is 0.683. The van der Waals surface area contributed by atoms with Gasteiger partial charge in [-0.25, -0.2) is 22.9 Å². The van der Waals surface area contributed by atoms with Crippen LogP contribution in [-0.2, 0) is 21.2 Å². The zero-order valence-corrected chi connectivity index (χ0v) is 14.7. The average Bonchev–Trinajstić information content (AvgIpc) is 2.56. The lowest BCUT2D eigenvalue weighted by Crippen LogP contribution is -2.35. The molecule has 0 saturated carbocycles. The lowest BCUT2D eigenvalue weighted by Gasteiger charge is -2.11. The second kappa shape index (κ2) is 7.78. The molecule has 0 aliphatic heterocycles. The summed E-state index contributed by atoms with van der Waals surface area (Å²) in [5, 5.41) is 11.1. The van der Waals surface area contributed by atoms with E-state index in [1.807, 2.05) is 0 Å². The molecule has 0 unspecified atom stereocenters. The van der Waals surface area contributed by atoms with Gasteiger partial charge in [0.25, 0.3) is 10.0 Å². The van der Waals surface area contributed by atoms with Crippen LogP contribution in [0.5, 0.6) is 5.88 Å². The molecule has 0 aliphatic carbocycles. The quantitative estimate of drug-likeness (QED) is 0.670. The molecule has 138 valence electrons. The first-order valence-electron chi connectivity index (χ1n) is 7.24. The van der Waals surface area contributed by atoms with Gasteiger partial charge < -0.3 is 9.84 Å². The van der Waals surface area contributed by atoms with Gasteiger partial charge in [-0.1, -0.05) is 18.2 Å². The smallest absolute Gasteiger partial charge is 0.335 e. The zero-order chi connectivity index (χ0) is 19.3. The van der Waals surface area contributed by atoms with E-state index in [-0.39, 0.29) is 22.3 Å². The van der Waals surface area contributed by atoms with Crippen LogP contribution >= 0.6 is 0 Å². The van der Waals surface area contributed by atoms with Gasteiger partial charge in [0.1, 0.15) is 0 Å².